The molecule has 0 saturated carbocycles. The first kappa shape index (κ1) is 12.7. The number of sulfonamides is 1. The number of nitrogens with one attached hydrogen (secondary N) is 1. The molecule has 0 unspecified atom stereocenters. The fraction of sp³-hybridized carbons (Fsp3) is 0.444. The molecule has 1 aromatic heterocycles. The lowest BCUT2D eigenvalue weighted by Gasteiger charge is -2.20. The molecule has 1 aromatic rings. The first-order chi connectivity index (χ1) is 6.74. The van der Waals surface area contributed by atoms with Gasteiger partial charge in [-0.25, -0.2) is 8.42 Å². The summed E-state index contributed by atoms with van der Waals surface area (Å²) in [5.41, 5.74) is 0.521. The summed E-state index contributed by atoms with van der Waals surface area (Å²) in [5.74, 6) is 0. The van der Waals surface area contributed by atoms with E-state index in [1.165, 1.54) is 6.20 Å². The molecule has 0 spiro atoms. The summed E-state index contributed by atoms with van der Waals surface area (Å²) >= 11 is 2.06. The average Bonchev–Trinajstić information content (AvgIpc) is 2.06. The molecule has 0 aliphatic rings. The predicted molar refractivity (Wildman–Crippen MR) is 69.2 cm³/mol. The van der Waals surface area contributed by atoms with E-state index in [2.05, 4.69) is 32.3 Å². The number of anilines is 1. The first-order valence-electron chi connectivity index (χ1n) is 4.36. The van der Waals surface area contributed by atoms with Crippen LogP contribution in [0, 0.1) is 3.57 Å². The third-order valence-corrected chi connectivity index (χ3v) is 4.86. The van der Waals surface area contributed by atoms with E-state index in [0.29, 0.717) is 5.69 Å². The maximum Gasteiger partial charge on any atom is 0.237 e. The minimum absolute atomic E-state index is 0.521. The molecule has 6 heteroatoms. The van der Waals surface area contributed by atoms with E-state index in [0.717, 1.165) is 3.57 Å². The van der Waals surface area contributed by atoms with Gasteiger partial charge in [0.1, 0.15) is 0 Å². The SMILES string of the molecule is CC(C)(C)S(=O)(=O)Nc1cnccc1I. The minimum atomic E-state index is -3.37. The number of halogens is 1. The van der Waals surface area contributed by atoms with Gasteiger partial charge in [-0.3, -0.25) is 9.71 Å². The van der Waals surface area contributed by atoms with E-state index < -0.39 is 14.8 Å². The summed E-state index contributed by atoms with van der Waals surface area (Å²) in [6.07, 6.45) is 3.13. The molecule has 0 aliphatic heterocycles. The number of rotatable bonds is 2. The second-order valence-electron chi connectivity index (χ2n) is 4.07. The normalized spacial score (nSPS) is 12.5. The van der Waals surface area contributed by atoms with Crippen LogP contribution in [0.3, 0.4) is 0 Å². The van der Waals surface area contributed by atoms with E-state index in [4.69, 9.17) is 0 Å². The molecule has 4 nitrogen and oxygen atoms in total. The Morgan fingerprint density at radius 1 is 1.40 bits per heavy atom. The summed E-state index contributed by atoms with van der Waals surface area (Å²) in [7, 11) is -3.37. The minimum Gasteiger partial charge on any atom is -0.280 e. The van der Waals surface area contributed by atoms with Gasteiger partial charge in [-0.15, -0.1) is 0 Å². The summed E-state index contributed by atoms with van der Waals surface area (Å²) in [5, 5.41) is 0. The highest BCUT2D eigenvalue weighted by Crippen LogP contribution is 2.22. The molecule has 0 fully saturated rings. The second-order valence-corrected chi connectivity index (χ2v) is 7.67. The highest BCUT2D eigenvalue weighted by Gasteiger charge is 2.29. The molecule has 1 N–H and O–H groups in total. The van der Waals surface area contributed by atoms with Crippen molar-refractivity contribution in [3.63, 3.8) is 0 Å². The standard InChI is InChI=1S/C9H13IN2O2S/c1-9(2,3)15(13,14)12-8-6-11-5-4-7(8)10/h4-6,12H,1-3H3. The van der Waals surface area contributed by atoms with E-state index in [9.17, 15) is 8.42 Å². The van der Waals surface area contributed by atoms with Gasteiger partial charge in [0.15, 0.2) is 0 Å². The molecule has 1 rings (SSSR count). The molecule has 1 heterocycles. The van der Waals surface area contributed by atoms with Gasteiger partial charge in [0.25, 0.3) is 0 Å². The molecule has 0 atom stereocenters. The number of hydrogen-bond donors (Lipinski definition) is 1. The third-order valence-electron chi connectivity index (χ3n) is 1.82. The summed E-state index contributed by atoms with van der Waals surface area (Å²) < 4.78 is 26.2. The van der Waals surface area contributed by atoms with Crippen LogP contribution in [0.15, 0.2) is 18.5 Å². The maximum absolute atomic E-state index is 11.8. The molecular formula is C9H13IN2O2S. The predicted octanol–water partition coefficient (Wildman–Crippen LogP) is 2.23. The lowest BCUT2D eigenvalue weighted by atomic mass is 10.3. The highest BCUT2D eigenvalue weighted by atomic mass is 127. The van der Waals surface area contributed by atoms with Crippen LogP contribution in [0.1, 0.15) is 20.8 Å². The lowest BCUT2D eigenvalue weighted by molar-refractivity contribution is 0.566. The van der Waals surface area contributed by atoms with Gasteiger partial charge < -0.3 is 0 Å². The van der Waals surface area contributed by atoms with Crippen molar-refractivity contribution in [2.24, 2.45) is 0 Å². The van der Waals surface area contributed by atoms with Gasteiger partial charge >= 0.3 is 0 Å². The van der Waals surface area contributed by atoms with E-state index in [1.807, 2.05) is 0 Å². The van der Waals surface area contributed by atoms with Gasteiger partial charge in [0.2, 0.25) is 10.0 Å². The van der Waals surface area contributed by atoms with Gasteiger partial charge in [0.05, 0.1) is 16.6 Å². The zero-order valence-corrected chi connectivity index (χ0v) is 11.8. The molecule has 0 aromatic carbocycles. The van der Waals surface area contributed by atoms with Crippen LogP contribution < -0.4 is 4.72 Å². The molecule has 0 saturated heterocycles. The van der Waals surface area contributed by atoms with E-state index >= 15 is 0 Å². The number of nitrogens with zero attached hydrogens (tertiary/aromatic N) is 1. The second kappa shape index (κ2) is 4.25. The lowest BCUT2D eigenvalue weighted by Crippen LogP contribution is -2.33. The van der Waals surface area contributed by atoms with Crippen molar-refractivity contribution < 1.29 is 8.42 Å². The van der Waals surface area contributed by atoms with Crippen molar-refractivity contribution in [2.75, 3.05) is 4.72 Å². The fourth-order valence-corrected chi connectivity index (χ4v) is 2.13. The van der Waals surface area contributed by atoms with E-state index in [-0.39, 0.29) is 0 Å². The zero-order valence-electron chi connectivity index (χ0n) is 8.78. The topological polar surface area (TPSA) is 59.1 Å². The van der Waals surface area contributed by atoms with Crippen LogP contribution in [0.2, 0.25) is 0 Å². The Hall–Kier alpha value is -0.370. The summed E-state index contributed by atoms with van der Waals surface area (Å²) in [4.78, 5) is 3.88. The molecule has 15 heavy (non-hydrogen) atoms. The Kier molecular flexibility index (Phi) is 3.59. The van der Waals surface area contributed by atoms with Gasteiger partial charge in [-0.05, 0) is 49.4 Å². The van der Waals surface area contributed by atoms with Crippen molar-refractivity contribution in [3.8, 4) is 0 Å². The Morgan fingerprint density at radius 3 is 2.47 bits per heavy atom. The van der Waals surface area contributed by atoms with Crippen molar-refractivity contribution in [3.05, 3.63) is 22.0 Å². The molecule has 0 bridgehead atoms. The Bertz CT molecular complexity index is 451. The number of hydrogen-bond acceptors (Lipinski definition) is 3. The smallest absolute Gasteiger partial charge is 0.237 e. The molecular weight excluding hydrogens is 327 g/mol. The van der Waals surface area contributed by atoms with Crippen molar-refractivity contribution >= 4 is 38.3 Å². The van der Waals surface area contributed by atoms with Crippen LogP contribution in [-0.2, 0) is 10.0 Å². The molecule has 0 aliphatic carbocycles. The van der Waals surface area contributed by atoms with Crippen LogP contribution in [-0.4, -0.2) is 18.1 Å². The molecule has 0 amide bonds. The monoisotopic (exact) mass is 340 g/mol. The highest BCUT2D eigenvalue weighted by molar-refractivity contribution is 14.1. The maximum atomic E-state index is 11.8. The Labute approximate surface area is 104 Å². The van der Waals surface area contributed by atoms with Gasteiger partial charge in [-0.1, -0.05) is 0 Å². The average molecular weight is 340 g/mol. The third kappa shape index (κ3) is 3.04. The van der Waals surface area contributed by atoms with Gasteiger partial charge in [-0.2, -0.15) is 0 Å². The number of pyridine rings is 1. The largest absolute Gasteiger partial charge is 0.280 e. The summed E-state index contributed by atoms with van der Waals surface area (Å²) in [6.45, 7) is 4.95. The van der Waals surface area contributed by atoms with Crippen molar-refractivity contribution in [1.29, 1.82) is 0 Å². The Balaban J connectivity index is 3.03. The van der Waals surface area contributed by atoms with Crippen LogP contribution >= 0.6 is 22.6 Å². The molecule has 84 valence electrons. The Morgan fingerprint density at radius 2 is 2.00 bits per heavy atom. The van der Waals surface area contributed by atoms with E-state index in [1.54, 1.807) is 33.0 Å². The zero-order chi connectivity index (χ0) is 11.7. The van der Waals surface area contributed by atoms with Crippen molar-refractivity contribution in [1.82, 2.24) is 4.98 Å². The molecule has 0 radical (unpaired) electrons. The fourth-order valence-electron chi connectivity index (χ4n) is 0.750. The van der Waals surface area contributed by atoms with Crippen LogP contribution in [0.25, 0.3) is 0 Å². The quantitative estimate of drug-likeness (QED) is 0.840. The van der Waals surface area contributed by atoms with Crippen LogP contribution in [0.4, 0.5) is 5.69 Å². The first-order valence-corrected chi connectivity index (χ1v) is 6.92. The summed E-state index contributed by atoms with van der Waals surface area (Å²) in [6, 6.07) is 1.75. The van der Waals surface area contributed by atoms with Crippen LogP contribution in [0.5, 0.6) is 0 Å². The van der Waals surface area contributed by atoms with Gasteiger partial charge in [0, 0.05) is 9.77 Å². The van der Waals surface area contributed by atoms with Crippen molar-refractivity contribution in [2.45, 2.75) is 25.5 Å². The number of aromatic nitrogens is 1.